The van der Waals surface area contributed by atoms with Crippen molar-refractivity contribution in [1.29, 1.82) is 0 Å². The van der Waals surface area contributed by atoms with Gasteiger partial charge in [-0.15, -0.1) is 0 Å². The molecule has 0 bridgehead atoms. The molecule has 7 nitrogen and oxygen atoms in total. The quantitative estimate of drug-likeness (QED) is 0.489. The zero-order valence-corrected chi connectivity index (χ0v) is 11.4. The van der Waals surface area contributed by atoms with E-state index in [0.29, 0.717) is 5.82 Å². The second kappa shape index (κ2) is 5.70. The van der Waals surface area contributed by atoms with E-state index in [4.69, 9.17) is 0 Å². The Labute approximate surface area is 119 Å². The highest BCUT2D eigenvalue weighted by Gasteiger charge is 2.20. The number of imidazole rings is 1. The van der Waals surface area contributed by atoms with Crippen LogP contribution in [0.1, 0.15) is 21.9 Å². The Balaban J connectivity index is 2.48. The predicted octanol–water partition coefficient (Wildman–Crippen LogP) is 2.07. The van der Waals surface area contributed by atoms with E-state index in [1.807, 2.05) is 0 Å². The molecule has 0 radical (unpaired) electrons. The first-order chi connectivity index (χ1) is 9.93. The molecule has 1 heterocycles. The highest BCUT2D eigenvalue weighted by molar-refractivity contribution is 5.87. The number of nitro benzene ring substituents is 1. The fraction of sp³-hybridized carbons (Fsp3) is 0.231. The summed E-state index contributed by atoms with van der Waals surface area (Å²) in [5.41, 5.74) is 0.0696. The third kappa shape index (κ3) is 2.88. The van der Waals surface area contributed by atoms with Crippen LogP contribution in [0.25, 0.3) is 0 Å². The van der Waals surface area contributed by atoms with Gasteiger partial charge in [-0.3, -0.25) is 10.1 Å². The van der Waals surface area contributed by atoms with E-state index in [0.717, 1.165) is 18.2 Å². The minimum absolute atomic E-state index is 0.0513. The first kappa shape index (κ1) is 14.6. The van der Waals surface area contributed by atoms with Crippen LogP contribution in [0.15, 0.2) is 24.4 Å². The molecule has 0 aliphatic heterocycles. The van der Waals surface area contributed by atoms with Crippen LogP contribution in [-0.2, 0) is 11.3 Å². The average Bonchev–Trinajstić information content (AvgIpc) is 2.79. The molecule has 0 saturated heterocycles. The van der Waals surface area contributed by atoms with Crippen molar-refractivity contribution >= 4 is 11.7 Å². The maximum atomic E-state index is 13.3. The summed E-state index contributed by atoms with van der Waals surface area (Å²) in [4.78, 5) is 26.0. The maximum Gasteiger partial charge on any atom is 0.356 e. The molecule has 1 aromatic carbocycles. The molecule has 21 heavy (non-hydrogen) atoms. The Morgan fingerprint density at radius 3 is 2.86 bits per heavy atom. The molecular formula is C13H12FN3O4. The van der Waals surface area contributed by atoms with E-state index < -0.39 is 16.7 Å². The van der Waals surface area contributed by atoms with Crippen LogP contribution in [-0.4, -0.2) is 27.6 Å². The van der Waals surface area contributed by atoms with Gasteiger partial charge >= 0.3 is 5.97 Å². The number of esters is 1. The number of aryl methyl sites for hydroxylation is 1. The van der Waals surface area contributed by atoms with Gasteiger partial charge < -0.3 is 9.30 Å². The van der Waals surface area contributed by atoms with Crippen molar-refractivity contribution < 1.29 is 18.8 Å². The number of ether oxygens (including phenoxy) is 1. The van der Waals surface area contributed by atoms with Gasteiger partial charge in [-0.2, -0.15) is 0 Å². The van der Waals surface area contributed by atoms with E-state index in [1.54, 1.807) is 6.92 Å². The lowest BCUT2D eigenvalue weighted by molar-refractivity contribution is -0.385. The first-order valence-electron chi connectivity index (χ1n) is 5.97. The number of carbonyl (C=O) groups excluding carboxylic acids is 1. The lowest BCUT2D eigenvalue weighted by atomic mass is 10.1. The van der Waals surface area contributed by atoms with Crippen LogP contribution < -0.4 is 0 Å². The molecule has 110 valence electrons. The average molecular weight is 293 g/mol. The van der Waals surface area contributed by atoms with E-state index in [1.165, 1.54) is 17.9 Å². The molecule has 2 rings (SSSR count). The molecule has 0 unspecified atom stereocenters. The molecule has 0 amide bonds. The zero-order valence-electron chi connectivity index (χ0n) is 11.4. The largest absolute Gasteiger partial charge is 0.464 e. The minimum Gasteiger partial charge on any atom is -0.464 e. The third-order valence-electron chi connectivity index (χ3n) is 3.02. The molecule has 0 spiro atoms. The minimum atomic E-state index is -0.616. The Morgan fingerprint density at radius 1 is 1.52 bits per heavy atom. The molecule has 1 aromatic heterocycles. The van der Waals surface area contributed by atoms with Gasteiger partial charge in [0.15, 0.2) is 0 Å². The van der Waals surface area contributed by atoms with Crippen molar-refractivity contribution in [2.24, 2.45) is 0 Å². The second-order valence-electron chi connectivity index (χ2n) is 4.30. The predicted molar refractivity (Wildman–Crippen MR) is 70.5 cm³/mol. The number of methoxy groups -OCH3 is 1. The fourth-order valence-corrected chi connectivity index (χ4v) is 1.96. The molecule has 0 N–H and O–H groups in total. The van der Waals surface area contributed by atoms with E-state index >= 15 is 0 Å². The first-order valence-corrected chi connectivity index (χ1v) is 5.97. The fourth-order valence-electron chi connectivity index (χ4n) is 1.96. The summed E-state index contributed by atoms with van der Waals surface area (Å²) in [7, 11) is 1.22. The standard InChI is InChI=1S/C13H12FN3O4/c1-8-15-6-12(13(18)21-2)16(8)7-9-5-10(14)3-4-11(9)17(19)20/h3-6H,7H2,1-2H3. The molecule has 0 atom stereocenters. The summed E-state index contributed by atoms with van der Waals surface area (Å²) in [6.07, 6.45) is 1.31. The molecular weight excluding hydrogens is 281 g/mol. The van der Waals surface area contributed by atoms with Crippen molar-refractivity contribution in [2.45, 2.75) is 13.5 Å². The van der Waals surface area contributed by atoms with E-state index in [9.17, 15) is 19.3 Å². The summed E-state index contributed by atoms with van der Waals surface area (Å²) in [6.45, 7) is 1.59. The number of halogens is 1. The van der Waals surface area contributed by atoms with E-state index in [2.05, 4.69) is 9.72 Å². The SMILES string of the molecule is COC(=O)c1cnc(C)n1Cc1cc(F)ccc1[N+](=O)[O-]. The Bertz CT molecular complexity index is 711. The number of nitrogens with zero attached hydrogens (tertiary/aromatic N) is 3. The number of nitro groups is 1. The highest BCUT2D eigenvalue weighted by atomic mass is 19.1. The Kier molecular flexibility index (Phi) is 3.97. The molecule has 8 heteroatoms. The van der Waals surface area contributed by atoms with Crippen molar-refractivity contribution in [3.8, 4) is 0 Å². The van der Waals surface area contributed by atoms with Gasteiger partial charge in [0.2, 0.25) is 0 Å². The van der Waals surface area contributed by atoms with Crippen molar-refractivity contribution in [1.82, 2.24) is 9.55 Å². The summed E-state index contributed by atoms with van der Waals surface area (Å²) >= 11 is 0. The summed E-state index contributed by atoms with van der Waals surface area (Å²) in [5.74, 6) is -0.739. The summed E-state index contributed by atoms with van der Waals surface area (Å²) < 4.78 is 19.4. The topological polar surface area (TPSA) is 87.3 Å². The molecule has 0 fully saturated rings. The van der Waals surface area contributed by atoms with Gasteiger partial charge in [0.1, 0.15) is 17.3 Å². The normalized spacial score (nSPS) is 10.4. The second-order valence-corrected chi connectivity index (χ2v) is 4.30. The molecule has 0 aliphatic carbocycles. The van der Waals surface area contributed by atoms with Crippen LogP contribution in [0.5, 0.6) is 0 Å². The van der Waals surface area contributed by atoms with Crippen LogP contribution in [0.4, 0.5) is 10.1 Å². The lowest BCUT2D eigenvalue weighted by Crippen LogP contribution is -2.13. The van der Waals surface area contributed by atoms with Crippen LogP contribution in [0, 0.1) is 22.9 Å². The molecule has 0 saturated carbocycles. The van der Waals surface area contributed by atoms with E-state index in [-0.39, 0.29) is 23.5 Å². The number of benzene rings is 1. The van der Waals surface area contributed by atoms with Crippen LogP contribution in [0.3, 0.4) is 0 Å². The monoisotopic (exact) mass is 293 g/mol. The smallest absolute Gasteiger partial charge is 0.356 e. The Morgan fingerprint density at radius 2 is 2.24 bits per heavy atom. The van der Waals surface area contributed by atoms with Crippen molar-refractivity contribution in [3.63, 3.8) is 0 Å². The van der Waals surface area contributed by atoms with Crippen LogP contribution in [0.2, 0.25) is 0 Å². The zero-order chi connectivity index (χ0) is 15.6. The van der Waals surface area contributed by atoms with Crippen LogP contribution >= 0.6 is 0 Å². The molecule has 0 aliphatic rings. The third-order valence-corrected chi connectivity index (χ3v) is 3.02. The van der Waals surface area contributed by atoms with Gasteiger partial charge in [-0.1, -0.05) is 0 Å². The summed E-state index contributed by atoms with van der Waals surface area (Å²) in [6, 6.07) is 3.18. The number of carbonyl (C=O) groups is 1. The Hall–Kier alpha value is -2.77. The molecule has 2 aromatic rings. The maximum absolute atomic E-state index is 13.3. The number of rotatable bonds is 4. The van der Waals surface area contributed by atoms with Gasteiger partial charge in [0.25, 0.3) is 5.69 Å². The summed E-state index contributed by atoms with van der Waals surface area (Å²) in [5, 5.41) is 11.0. The lowest BCUT2D eigenvalue weighted by Gasteiger charge is -2.09. The van der Waals surface area contributed by atoms with Gasteiger partial charge in [0, 0.05) is 6.07 Å². The van der Waals surface area contributed by atoms with Gasteiger partial charge in [-0.25, -0.2) is 14.2 Å². The highest BCUT2D eigenvalue weighted by Crippen LogP contribution is 2.22. The number of hydrogen-bond acceptors (Lipinski definition) is 5. The van der Waals surface area contributed by atoms with Crippen molar-refractivity contribution in [3.05, 3.63) is 57.4 Å². The van der Waals surface area contributed by atoms with Gasteiger partial charge in [0.05, 0.1) is 30.3 Å². The van der Waals surface area contributed by atoms with Gasteiger partial charge in [-0.05, 0) is 19.1 Å². The van der Waals surface area contributed by atoms with Crippen molar-refractivity contribution in [2.75, 3.05) is 7.11 Å². The number of aromatic nitrogens is 2. The number of hydrogen-bond donors (Lipinski definition) is 0.